The molecule has 1 unspecified atom stereocenters. The normalized spacial score (nSPS) is 15.0. The molecule has 0 N–H and O–H groups in total. The summed E-state index contributed by atoms with van der Waals surface area (Å²) in [5.74, 6) is 0.194. The van der Waals surface area contributed by atoms with Gasteiger partial charge in [0.2, 0.25) is 0 Å². The maximum absolute atomic E-state index is 6.46. The van der Waals surface area contributed by atoms with Gasteiger partial charge in [0.25, 0.3) is 0 Å². The molecule has 1 aliphatic carbocycles. The average Bonchev–Trinajstić information content (AvgIpc) is 3.09. The van der Waals surface area contributed by atoms with Gasteiger partial charge in [-0.25, -0.2) is 0 Å². The van der Waals surface area contributed by atoms with Crippen molar-refractivity contribution in [3.05, 3.63) is 119 Å². The van der Waals surface area contributed by atoms with Gasteiger partial charge in [-0.2, -0.15) is 0 Å². The summed E-state index contributed by atoms with van der Waals surface area (Å²) in [5, 5.41) is 6.07. The van der Waals surface area contributed by atoms with Crippen molar-refractivity contribution in [2.45, 2.75) is 5.92 Å². The topological polar surface area (TPSA) is 0 Å². The molecular weight excluding hydrogens is 360 g/mol. The second-order valence-corrected chi connectivity index (χ2v) is 7.89. The molecule has 0 spiro atoms. The summed E-state index contributed by atoms with van der Waals surface area (Å²) in [6.45, 7) is 0. The molecule has 0 aliphatic heterocycles. The Labute approximate surface area is 169 Å². The van der Waals surface area contributed by atoms with Gasteiger partial charge in [-0.15, -0.1) is 0 Å². The summed E-state index contributed by atoms with van der Waals surface area (Å²) in [5.41, 5.74) is 6.67. The highest BCUT2D eigenvalue weighted by atomic mass is 35.5. The van der Waals surface area contributed by atoms with Crippen molar-refractivity contribution in [2.24, 2.45) is 0 Å². The second-order valence-electron chi connectivity index (χ2n) is 7.46. The predicted molar refractivity (Wildman–Crippen MR) is 119 cm³/mol. The van der Waals surface area contributed by atoms with Crippen LogP contribution in [0.25, 0.3) is 32.7 Å². The van der Waals surface area contributed by atoms with Crippen molar-refractivity contribution in [2.75, 3.05) is 0 Å². The maximum atomic E-state index is 6.46. The lowest BCUT2D eigenvalue weighted by atomic mass is 9.85. The van der Waals surface area contributed by atoms with Crippen LogP contribution in [0.4, 0.5) is 0 Å². The highest BCUT2D eigenvalue weighted by Gasteiger charge is 2.33. The van der Waals surface area contributed by atoms with E-state index in [4.69, 9.17) is 11.6 Å². The summed E-state index contributed by atoms with van der Waals surface area (Å²) in [4.78, 5) is 0. The van der Waals surface area contributed by atoms with Crippen LogP contribution in [0.1, 0.15) is 22.6 Å². The van der Waals surface area contributed by atoms with E-state index in [0.717, 1.165) is 5.02 Å². The summed E-state index contributed by atoms with van der Waals surface area (Å²) in [7, 11) is 0. The first-order valence-corrected chi connectivity index (χ1v) is 9.99. The summed E-state index contributed by atoms with van der Waals surface area (Å²) < 4.78 is 0. The Morgan fingerprint density at radius 1 is 0.571 bits per heavy atom. The first-order chi connectivity index (χ1) is 13.8. The zero-order chi connectivity index (χ0) is 18.7. The quantitative estimate of drug-likeness (QED) is 0.257. The first-order valence-electron chi connectivity index (χ1n) is 9.61. The van der Waals surface area contributed by atoms with Crippen LogP contribution in [0.3, 0.4) is 0 Å². The van der Waals surface area contributed by atoms with Crippen LogP contribution in [0.5, 0.6) is 0 Å². The molecule has 0 saturated carbocycles. The number of hydrogen-bond acceptors (Lipinski definition) is 0. The van der Waals surface area contributed by atoms with E-state index < -0.39 is 0 Å². The van der Waals surface area contributed by atoms with Gasteiger partial charge in [-0.1, -0.05) is 96.5 Å². The SMILES string of the molecule is Clc1ccc2c(c1)C(c1ccccc1)c1c-2c2ccccc2c2ccccc12. The molecule has 0 radical (unpaired) electrons. The fourth-order valence-electron chi connectivity index (χ4n) is 4.91. The van der Waals surface area contributed by atoms with Gasteiger partial charge >= 0.3 is 0 Å². The van der Waals surface area contributed by atoms with Crippen LogP contribution >= 0.6 is 11.6 Å². The molecule has 1 atom stereocenters. The highest BCUT2D eigenvalue weighted by molar-refractivity contribution is 6.31. The van der Waals surface area contributed by atoms with Crippen LogP contribution in [0, 0.1) is 0 Å². The Kier molecular flexibility index (Phi) is 3.38. The molecule has 0 saturated heterocycles. The van der Waals surface area contributed by atoms with Gasteiger partial charge in [0.05, 0.1) is 0 Å². The fraction of sp³-hybridized carbons (Fsp3) is 0.0370. The Morgan fingerprint density at radius 2 is 1.18 bits per heavy atom. The molecule has 0 aromatic heterocycles. The molecule has 0 nitrogen and oxygen atoms in total. The van der Waals surface area contributed by atoms with Gasteiger partial charge < -0.3 is 0 Å². The number of benzene rings is 5. The zero-order valence-electron chi connectivity index (χ0n) is 15.2. The molecule has 6 rings (SSSR count). The third-order valence-corrected chi connectivity index (χ3v) is 6.22. The number of halogens is 1. The van der Waals surface area contributed by atoms with Gasteiger partial charge in [-0.05, 0) is 61.5 Å². The smallest absolute Gasteiger partial charge is 0.0409 e. The van der Waals surface area contributed by atoms with Gasteiger partial charge in [0.15, 0.2) is 0 Å². The summed E-state index contributed by atoms with van der Waals surface area (Å²) in [6, 6.07) is 34.7. The Morgan fingerprint density at radius 3 is 1.93 bits per heavy atom. The van der Waals surface area contributed by atoms with Gasteiger partial charge in [0.1, 0.15) is 0 Å². The molecule has 132 valence electrons. The summed E-state index contributed by atoms with van der Waals surface area (Å²) in [6.07, 6.45) is 0. The lowest BCUT2D eigenvalue weighted by Crippen LogP contribution is -2.00. The maximum Gasteiger partial charge on any atom is 0.0409 e. The fourth-order valence-corrected chi connectivity index (χ4v) is 5.09. The molecule has 0 heterocycles. The standard InChI is InChI=1S/C27H17Cl/c28-18-14-15-23-24(16-18)25(17-8-2-1-3-9-17)27-22-13-7-5-11-20(22)19-10-4-6-12-21(19)26(23)27/h1-16,25H. The van der Waals surface area contributed by atoms with Crippen LogP contribution in [-0.2, 0) is 0 Å². The van der Waals surface area contributed by atoms with Crippen molar-refractivity contribution in [1.82, 2.24) is 0 Å². The van der Waals surface area contributed by atoms with E-state index in [1.807, 2.05) is 6.07 Å². The van der Waals surface area contributed by atoms with Crippen molar-refractivity contribution in [3.8, 4) is 11.1 Å². The zero-order valence-corrected chi connectivity index (χ0v) is 15.9. The van der Waals surface area contributed by atoms with Crippen LogP contribution < -0.4 is 0 Å². The largest absolute Gasteiger partial charge is 0.0843 e. The lowest BCUT2D eigenvalue weighted by molar-refractivity contribution is 1.03. The molecule has 1 aliphatic rings. The van der Waals surface area contributed by atoms with Crippen molar-refractivity contribution in [1.29, 1.82) is 0 Å². The minimum Gasteiger partial charge on any atom is -0.0843 e. The molecule has 0 fully saturated rings. The van der Waals surface area contributed by atoms with Crippen LogP contribution in [0.2, 0.25) is 5.02 Å². The average molecular weight is 377 g/mol. The molecule has 5 aromatic rings. The number of fused-ring (bicyclic) bond motifs is 8. The van der Waals surface area contributed by atoms with Crippen LogP contribution in [-0.4, -0.2) is 0 Å². The van der Waals surface area contributed by atoms with E-state index in [1.165, 1.54) is 49.4 Å². The molecular formula is C27H17Cl. The van der Waals surface area contributed by atoms with Crippen molar-refractivity contribution >= 4 is 33.1 Å². The predicted octanol–water partition coefficient (Wildman–Crippen LogP) is 7.81. The molecule has 28 heavy (non-hydrogen) atoms. The highest BCUT2D eigenvalue weighted by Crippen LogP contribution is 2.54. The molecule has 0 amide bonds. The number of rotatable bonds is 1. The Hall–Kier alpha value is -3.09. The van der Waals surface area contributed by atoms with Crippen molar-refractivity contribution < 1.29 is 0 Å². The third kappa shape index (κ3) is 2.13. The van der Waals surface area contributed by atoms with E-state index >= 15 is 0 Å². The Balaban J connectivity index is 1.86. The van der Waals surface area contributed by atoms with E-state index in [9.17, 15) is 0 Å². The van der Waals surface area contributed by atoms with E-state index in [0.29, 0.717) is 0 Å². The van der Waals surface area contributed by atoms with Gasteiger partial charge in [0, 0.05) is 10.9 Å². The van der Waals surface area contributed by atoms with E-state index in [2.05, 4.69) is 91.0 Å². The second kappa shape index (κ2) is 5.95. The Bertz CT molecular complexity index is 1370. The molecule has 0 bridgehead atoms. The van der Waals surface area contributed by atoms with E-state index in [1.54, 1.807) is 0 Å². The first kappa shape index (κ1) is 15.9. The molecule has 1 heteroatoms. The minimum absolute atomic E-state index is 0.194. The minimum atomic E-state index is 0.194. The monoisotopic (exact) mass is 376 g/mol. The van der Waals surface area contributed by atoms with Crippen LogP contribution in [0.15, 0.2) is 97.1 Å². The number of hydrogen-bond donors (Lipinski definition) is 0. The lowest BCUT2D eigenvalue weighted by Gasteiger charge is -2.18. The van der Waals surface area contributed by atoms with Gasteiger partial charge in [-0.3, -0.25) is 0 Å². The van der Waals surface area contributed by atoms with Crippen molar-refractivity contribution in [3.63, 3.8) is 0 Å². The summed E-state index contributed by atoms with van der Waals surface area (Å²) >= 11 is 6.46. The molecule has 5 aromatic carbocycles. The van der Waals surface area contributed by atoms with E-state index in [-0.39, 0.29) is 5.92 Å². The third-order valence-electron chi connectivity index (χ3n) is 5.99.